The summed E-state index contributed by atoms with van der Waals surface area (Å²) in [5.74, 6) is -0.683. The molecule has 0 saturated carbocycles. The van der Waals surface area contributed by atoms with Gasteiger partial charge in [-0.15, -0.1) is 0 Å². The van der Waals surface area contributed by atoms with E-state index in [2.05, 4.69) is 10.6 Å². The average molecular weight is 361 g/mol. The second-order valence-electron chi connectivity index (χ2n) is 5.41. The minimum absolute atomic E-state index is 0.227. The van der Waals surface area contributed by atoms with Crippen molar-refractivity contribution in [3.63, 3.8) is 0 Å². The van der Waals surface area contributed by atoms with E-state index in [0.29, 0.717) is 17.1 Å². The molecule has 0 aliphatic rings. The number of rotatable bonds is 6. The van der Waals surface area contributed by atoms with Gasteiger partial charge >= 0.3 is 0 Å². The highest BCUT2D eigenvalue weighted by Crippen LogP contribution is 2.20. The van der Waals surface area contributed by atoms with Crippen molar-refractivity contribution in [2.45, 2.75) is 6.92 Å². The molecular formula is C17H19N3O4S. The van der Waals surface area contributed by atoms with E-state index in [4.69, 9.17) is 0 Å². The molecule has 8 heteroatoms. The molecule has 0 aliphatic heterocycles. The van der Waals surface area contributed by atoms with E-state index >= 15 is 0 Å². The van der Waals surface area contributed by atoms with Crippen LogP contribution in [0.2, 0.25) is 0 Å². The molecule has 2 aromatic rings. The lowest BCUT2D eigenvalue weighted by atomic mass is 10.2. The quantitative estimate of drug-likeness (QED) is 0.823. The standard InChI is InChI=1S/C17H19N3O4S/c1-13(21)18-15-8-10-16(11-9-15)20(25(2,23)24)12-17(22)19-14-6-4-3-5-7-14/h3-11H,12H2,1-2H3,(H,18,21)(H,19,22). The van der Waals surface area contributed by atoms with Gasteiger partial charge in [0.05, 0.1) is 11.9 Å². The van der Waals surface area contributed by atoms with Gasteiger partial charge in [-0.1, -0.05) is 18.2 Å². The lowest BCUT2D eigenvalue weighted by Crippen LogP contribution is -2.37. The topological polar surface area (TPSA) is 95.6 Å². The van der Waals surface area contributed by atoms with Gasteiger partial charge in [-0.2, -0.15) is 0 Å². The Morgan fingerprint density at radius 1 is 0.920 bits per heavy atom. The third kappa shape index (κ3) is 5.61. The Morgan fingerprint density at radius 3 is 2.00 bits per heavy atom. The molecule has 7 nitrogen and oxygen atoms in total. The van der Waals surface area contributed by atoms with Crippen LogP contribution < -0.4 is 14.9 Å². The Bertz CT molecular complexity index is 849. The van der Waals surface area contributed by atoms with Crippen LogP contribution in [0.5, 0.6) is 0 Å². The molecule has 0 fully saturated rings. The first kappa shape index (κ1) is 18.5. The summed E-state index contributed by atoms with van der Waals surface area (Å²) in [7, 11) is -3.66. The molecule has 2 aromatic carbocycles. The van der Waals surface area contributed by atoms with Crippen molar-refractivity contribution in [3.05, 3.63) is 54.6 Å². The third-order valence-electron chi connectivity index (χ3n) is 3.22. The van der Waals surface area contributed by atoms with Crippen LogP contribution in [-0.2, 0) is 19.6 Å². The van der Waals surface area contributed by atoms with Crippen LogP contribution in [0.4, 0.5) is 17.1 Å². The molecule has 0 spiro atoms. The van der Waals surface area contributed by atoms with Crippen LogP contribution in [0.1, 0.15) is 6.92 Å². The lowest BCUT2D eigenvalue weighted by Gasteiger charge is -2.22. The van der Waals surface area contributed by atoms with Crippen LogP contribution in [-0.4, -0.2) is 33.0 Å². The van der Waals surface area contributed by atoms with Crippen molar-refractivity contribution in [2.75, 3.05) is 27.7 Å². The first-order chi connectivity index (χ1) is 11.8. The summed E-state index contributed by atoms with van der Waals surface area (Å²) in [6.45, 7) is 1.03. The molecule has 0 bridgehead atoms. The molecule has 2 N–H and O–H groups in total. The van der Waals surface area contributed by atoms with Gasteiger partial charge in [0.15, 0.2) is 0 Å². The number of sulfonamides is 1. The van der Waals surface area contributed by atoms with Gasteiger partial charge in [0.25, 0.3) is 0 Å². The third-order valence-corrected chi connectivity index (χ3v) is 4.36. The van der Waals surface area contributed by atoms with E-state index < -0.39 is 15.9 Å². The Labute approximate surface area is 146 Å². The van der Waals surface area contributed by atoms with Gasteiger partial charge in [-0.3, -0.25) is 13.9 Å². The van der Waals surface area contributed by atoms with Gasteiger partial charge in [0, 0.05) is 18.3 Å². The normalized spacial score (nSPS) is 10.8. The lowest BCUT2D eigenvalue weighted by molar-refractivity contribution is -0.115. The maximum absolute atomic E-state index is 12.2. The second-order valence-corrected chi connectivity index (χ2v) is 7.32. The van der Waals surface area contributed by atoms with E-state index in [9.17, 15) is 18.0 Å². The van der Waals surface area contributed by atoms with Gasteiger partial charge in [-0.25, -0.2) is 8.42 Å². The smallest absolute Gasteiger partial charge is 0.245 e. The monoisotopic (exact) mass is 361 g/mol. The van der Waals surface area contributed by atoms with Crippen LogP contribution in [0, 0.1) is 0 Å². The van der Waals surface area contributed by atoms with Crippen LogP contribution in [0.3, 0.4) is 0 Å². The van der Waals surface area contributed by atoms with Gasteiger partial charge in [0.1, 0.15) is 6.54 Å². The maximum Gasteiger partial charge on any atom is 0.245 e. The zero-order valence-electron chi connectivity index (χ0n) is 13.9. The number of amides is 2. The molecule has 25 heavy (non-hydrogen) atoms. The first-order valence-corrected chi connectivity index (χ1v) is 9.31. The summed E-state index contributed by atoms with van der Waals surface area (Å²) in [6, 6.07) is 15.0. The number of carbonyl (C=O) groups is 2. The summed E-state index contributed by atoms with van der Waals surface area (Å²) in [5.41, 5.74) is 1.46. The van der Waals surface area contributed by atoms with Crippen LogP contribution in [0.15, 0.2) is 54.6 Å². The second kappa shape index (κ2) is 7.80. The number of hydrogen-bond donors (Lipinski definition) is 2. The van der Waals surface area contributed by atoms with Crippen molar-refractivity contribution in [1.82, 2.24) is 0 Å². The molecule has 132 valence electrons. The molecule has 0 radical (unpaired) electrons. The molecule has 0 unspecified atom stereocenters. The number of nitrogens with zero attached hydrogens (tertiary/aromatic N) is 1. The number of carbonyl (C=O) groups excluding carboxylic acids is 2. The summed E-state index contributed by atoms with van der Waals surface area (Å²) in [6.07, 6.45) is 1.03. The van der Waals surface area contributed by atoms with Gasteiger partial charge < -0.3 is 10.6 Å². The summed E-state index contributed by atoms with van der Waals surface area (Å²) < 4.78 is 25.1. The number of nitrogens with one attached hydrogen (secondary N) is 2. The zero-order valence-corrected chi connectivity index (χ0v) is 14.7. The zero-order chi connectivity index (χ0) is 18.4. The Morgan fingerprint density at radius 2 is 1.48 bits per heavy atom. The van der Waals surface area contributed by atoms with Crippen LogP contribution in [0.25, 0.3) is 0 Å². The summed E-state index contributed by atoms with van der Waals surface area (Å²) >= 11 is 0. The molecule has 2 amide bonds. The van der Waals surface area contributed by atoms with Crippen LogP contribution >= 0.6 is 0 Å². The van der Waals surface area contributed by atoms with E-state index in [1.807, 2.05) is 6.07 Å². The number of benzene rings is 2. The summed E-state index contributed by atoms with van der Waals surface area (Å²) in [4.78, 5) is 23.2. The van der Waals surface area contributed by atoms with E-state index in [1.54, 1.807) is 36.4 Å². The molecular weight excluding hydrogens is 342 g/mol. The highest BCUT2D eigenvalue weighted by molar-refractivity contribution is 7.92. The Balaban J connectivity index is 2.16. The van der Waals surface area contributed by atoms with Crippen molar-refractivity contribution < 1.29 is 18.0 Å². The van der Waals surface area contributed by atoms with E-state index in [-0.39, 0.29) is 12.5 Å². The maximum atomic E-state index is 12.2. The molecule has 0 saturated heterocycles. The molecule has 2 rings (SSSR count). The van der Waals surface area contributed by atoms with Crippen molar-refractivity contribution in [1.29, 1.82) is 0 Å². The number of para-hydroxylation sites is 1. The summed E-state index contributed by atoms with van der Waals surface area (Å²) in [5, 5.41) is 5.25. The Kier molecular flexibility index (Phi) is 5.76. The van der Waals surface area contributed by atoms with Gasteiger partial charge in [-0.05, 0) is 36.4 Å². The molecule has 0 aromatic heterocycles. The highest BCUT2D eigenvalue weighted by atomic mass is 32.2. The van der Waals surface area contributed by atoms with Crippen molar-refractivity contribution >= 4 is 38.9 Å². The molecule has 0 heterocycles. The van der Waals surface area contributed by atoms with Crippen molar-refractivity contribution in [3.8, 4) is 0 Å². The largest absolute Gasteiger partial charge is 0.326 e. The highest BCUT2D eigenvalue weighted by Gasteiger charge is 2.21. The molecule has 0 atom stereocenters. The SMILES string of the molecule is CC(=O)Nc1ccc(N(CC(=O)Nc2ccccc2)S(C)(=O)=O)cc1. The predicted octanol–water partition coefficient (Wildman–Crippen LogP) is 2.05. The fourth-order valence-corrected chi connectivity index (χ4v) is 3.02. The average Bonchev–Trinajstić information content (AvgIpc) is 2.53. The van der Waals surface area contributed by atoms with E-state index in [0.717, 1.165) is 10.6 Å². The minimum Gasteiger partial charge on any atom is -0.326 e. The van der Waals surface area contributed by atoms with E-state index in [1.165, 1.54) is 19.1 Å². The fourth-order valence-electron chi connectivity index (χ4n) is 2.17. The Hall–Kier alpha value is -2.87. The minimum atomic E-state index is -3.66. The first-order valence-electron chi connectivity index (χ1n) is 7.46. The van der Waals surface area contributed by atoms with Gasteiger partial charge in [0.2, 0.25) is 21.8 Å². The van der Waals surface area contributed by atoms with Crippen molar-refractivity contribution in [2.24, 2.45) is 0 Å². The predicted molar refractivity (Wildman–Crippen MR) is 98.0 cm³/mol. The number of anilines is 3. The number of hydrogen-bond acceptors (Lipinski definition) is 4. The fraction of sp³-hybridized carbons (Fsp3) is 0.176. The molecule has 0 aliphatic carbocycles.